The fourth-order valence-corrected chi connectivity index (χ4v) is 3.13. The molecule has 2 aliphatic heterocycles. The molecular weight excluding hydrogens is 330 g/mol. The standard InChI is InChI=1S/C20H21N3O3/c24-20(7-5-16-4-6-17-18(15-16)26-14-13-25-17)23-11-9-22(10-12-23)19-3-1-2-8-21-19/h1-8,15H,9-14H2/b7-5+. The maximum Gasteiger partial charge on any atom is 0.246 e. The van der Waals surface area contributed by atoms with Crippen LogP contribution in [0.3, 0.4) is 0 Å². The number of pyridine rings is 1. The summed E-state index contributed by atoms with van der Waals surface area (Å²) in [5.41, 5.74) is 0.926. The number of piperazine rings is 1. The van der Waals surface area contributed by atoms with E-state index in [1.807, 2.05) is 47.4 Å². The number of benzene rings is 1. The van der Waals surface area contributed by atoms with Crippen LogP contribution in [-0.2, 0) is 4.79 Å². The summed E-state index contributed by atoms with van der Waals surface area (Å²) in [5, 5.41) is 0. The molecule has 1 aromatic carbocycles. The predicted molar refractivity (Wildman–Crippen MR) is 99.5 cm³/mol. The van der Waals surface area contributed by atoms with Crippen LogP contribution in [0.15, 0.2) is 48.7 Å². The van der Waals surface area contributed by atoms with E-state index in [9.17, 15) is 4.79 Å². The fourth-order valence-electron chi connectivity index (χ4n) is 3.13. The fraction of sp³-hybridized carbons (Fsp3) is 0.300. The molecule has 1 aromatic heterocycles. The van der Waals surface area contributed by atoms with Gasteiger partial charge in [0.15, 0.2) is 11.5 Å². The largest absolute Gasteiger partial charge is 0.486 e. The molecule has 0 atom stereocenters. The lowest BCUT2D eigenvalue weighted by atomic mass is 10.1. The van der Waals surface area contributed by atoms with E-state index < -0.39 is 0 Å². The van der Waals surface area contributed by atoms with E-state index in [1.54, 1.807) is 12.3 Å². The highest BCUT2D eigenvalue weighted by atomic mass is 16.6. The minimum Gasteiger partial charge on any atom is -0.486 e. The number of carbonyl (C=O) groups excluding carboxylic acids is 1. The minimum atomic E-state index is 0.0283. The Hall–Kier alpha value is -3.02. The van der Waals surface area contributed by atoms with Crippen LogP contribution in [0.25, 0.3) is 6.08 Å². The number of anilines is 1. The molecule has 0 spiro atoms. The summed E-state index contributed by atoms with van der Waals surface area (Å²) in [6.45, 7) is 4.10. The molecule has 0 unspecified atom stereocenters. The maximum absolute atomic E-state index is 12.5. The Morgan fingerprint density at radius 1 is 1.00 bits per heavy atom. The number of nitrogens with zero attached hydrogens (tertiary/aromatic N) is 3. The van der Waals surface area contributed by atoms with Crippen molar-refractivity contribution in [2.75, 3.05) is 44.3 Å². The van der Waals surface area contributed by atoms with Gasteiger partial charge in [0, 0.05) is 38.5 Å². The SMILES string of the molecule is O=C(/C=C/c1ccc2c(c1)OCCO2)N1CCN(c2ccccn2)CC1. The van der Waals surface area contributed by atoms with E-state index in [1.165, 1.54) is 0 Å². The average molecular weight is 351 g/mol. The molecule has 26 heavy (non-hydrogen) atoms. The van der Waals surface area contributed by atoms with Crippen molar-refractivity contribution in [3.63, 3.8) is 0 Å². The Balaban J connectivity index is 1.35. The van der Waals surface area contributed by atoms with Crippen molar-refractivity contribution in [1.29, 1.82) is 0 Å². The molecule has 0 saturated carbocycles. The van der Waals surface area contributed by atoms with Gasteiger partial charge in [-0.05, 0) is 35.9 Å². The summed E-state index contributed by atoms with van der Waals surface area (Å²) in [6, 6.07) is 11.6. The first-order valence-electron chi connectivity index (χ1n) is 8.82. The van der Waals surface area contributed by atoms with Crippen LogP contribution in [0.2, 0.25) is 0 Å². The van der Waals surface area contributed by atoms with Gasteiger partial charge in [-0.15, -0.1) is 0 Å². The van der Waals surface area contributed by atoms with E-state index in [-0.39, 0.29) is 5.91 Å². The molecule has 3 heterocycles. The molecule has 4 rings (SSSR count). The molecule has 2 aliphatic rings. The van der Waals surface area contributed by atoms with Gasteiger partial charge >= 0.3 is 0 Å². The molecule has 0 aliphatic carbocycles. The van der Waals surface area contributed by atoms with Gasteiger partial charge in [0.1, 0.15) is 19.0 Å². The third-order valence-electron chi connectivity index (χ3n) is 4.55. The highest BCUT2D eigenvalue weighted by Gasteiger charge is 2.20. The molecule has 6 heteroatoms. The van der Waals surface area contributed by atoms with Gasteiger partial charge in [0.25, 0.3) is 0 Å². The predicted octanol–water partition coefficient (Wildman–Crippen LogP) is 2.21. The first-order chi connectivity index (χ1) is 12.8. The van der Waals surface area contributed by atoms with Crippen molar-refractivity contribution in [2.45, 2.75) is 0 Å². The molecule has 1 saturated heterocycles. The number of rotatable bonds is 3. The zero-order valence-corrected chi connectivity index (χ0v) is 14.5. The van der Waals surface area contributed by atoms with Gasteiger partial charge in [-0.2, -0.15) is 0 Å². The molecule has 1 fully saturated rings. The maximum atomic E-state index is 12.5. The summed E-state index contributed by atoms with van der Waals surface area (Å²) < 4.78 is 11.1. The molecular formula is C20H21N3O3. The van der Waals surface area contributed by atoms with Gasteiger partial charge in [-0.25, -0.2) is 4.98 Å². The van der Waals surface area contributed by atoms with Crippen LogP contribution in [-0.4, -0.2) is 55.2 Å². The molecule has 134 valence electrons. The lowest BCUT2D eigenvalue weighted by Crippen LogP contribution is -2.48. The number of hydrogen-bond acceptors (Lipinski definition) is 5. The molecule has 0 N–H and O–H groups in total. The molecule has 6 nitrogen and oxygen atoms in total. The second-order valence-corrected chi connectivity index (χ2v) is 6.24. The van der Waals surface area contributed by atoms with Crippen molar-refractivity contribution in [3.8, 4) is 11.5 Å². The molecule has 0 radical (unpaired) electrons. The number of carbonyl (C=O) groups is 1. The summed E-state index contributed by atoms with van der Waals surface area (Å²) in [6.07, 6.45) is 5.25. The van der Waals surface area contributed by atoms with E-state index in [4.69, 9.17) is 9.47 Å². The monoisotopic (exact) mass is 351 g/mol. The lowest BCUT2D eigenvalue weighted by molar-refractivity contribution is -0.126. The zero-order chi connectivity index (χ0) is 17.8. The normalized spacial score (nSPS) is 16.8. The van der Waals surface area contributed by atoms with E-state index in [0.29, 0.717) is 26.3 Å². The Bertz CT molecular complexity index is 799. The van der Waals surface area contributed by atoms with Gasteiger partial charge in [-0.1, -0.05) is 12.1 Å². The van der Waals surface area contributed by atoms with Crippen molar-refractivity contribution >= 4 is 17.8 Å². The second kappa shape index (κ2) is 7.47. The Kier molecular flexibility index (Phi) is 4.73. The van der Waals surface area contributed by atoms with Crippen molar-refractivity contribution in [1.82, 2.24) is 9.88 Å². The van der Waals surface area contributed by atoms with Crippen molar-refractivity contribution < 1.29 is 14.3 Å². The van der Waals surface area contributed by atoms with Crippen molar-refractivity contribution in [2.24, 2.45) is 0 Å². The summed E-state index contributed by atoms with van der Waals surface area (Å²) in [4.78, 5) is 20.9. The average Bonchev–Trinajstić information content (AvgIpc) is 2.72. The highest BCUT2D eigenvalue weighted by molar-refractivity contribution is 5.92. The van der Waals surface area contributed by atoms with E-state index >= 15 is 0 Å². The second-order valence-electron chi connectivity index (χ2n) is 6.24. The van der Waals surface area contributed by atoms with Crippen molar-refractivity contribution in [3.05, 3.63) is 54.2 Å². The topological polar surface area (TPSA) is 54.9 Å². The number of fused-ring (bicyclic) bond motifs is 1. The van der Waals surface area contributed by atoms with E-state index in [2.05, 4.69) is 9.88 Å². The number of hydrogen-bond donors (Lipinski definition) is 0. The van der Waals surface area contributed by atoms with Crippen LogP contribution >= 0.6 is 0 Å². The summed E-state index contributed by atoms with van der Waals surface area (Å²) in [5.74, 6) is 2.48. The smallest absolute Gasteiger partial charge is 0.246 e. The third kappa shape index (κ3) is 3.64. The zero-order valence-electron chi connectivity index (χ0n) is 14.5. The summed E-state index contributed by atoms with van der Waals surface area (Å²) in [7, 11) is 0. The first kappa shape index (κ1) is 16.4. The molecule has 0 bridgehead atoms. The van der Waals surface area contributed by atoms with Crippen LogP contribution in [0, 0.1) is 0 Å². The van der Waals surface area contributed by atoms with Gasteiger partial charge in [0.2, 0.25) is 5.91 Å². The molecule has 2 aromatic rings. The van der Waals surface area contributed by atoms with Crippen LogP contribution in [0.1, 0.15) is 5.56 Å². The number of aromatic nitrogens is 1. The quantitative estimate of drug-likeness (QED) is 0.794. The van der Waals surface area contributed by atoms with Crippen LogP contribution in [0.5, 0.6) is 11.5 Å². The first-order valence-corrected chi connectivity index (χ1v) is 8.82. The summed E-state index contributed by atoms with van der Waals surface area (Å²) >= 11 is 0. The lowest BCUT2D eigenvalue weighted by Gasteiger charge is -2.34. The minimum absolute atomic E-state index is 0.0283. The van der Waals surface area contributed by atoms with Gasteiger partial charge in [0.05, 0.1) is 0 Å². The Morgan fingerprint density at radius 3 is 2.58 bits per heavy atom. The van der Waals surface area contributed by atoms with Crippen LogP contribution < -0.4 is 14.4 Å². The Morgan fingerprint density at radius 2 is 1.81 bits per heavy atom. The molecule has 1 amide bonds. The highest BCUT2D eigenvalue weighted by Crippen LogP contribution is 2.31. The number of ether oxygens (including phenoxy) is 2. The Labute approximate surface area is 152 Å². The number of amides is 1. The van der Waals surface area contributed by atoms with E-state index in [0.717, 1.165) is 36.0 Å². The van der Waals surface area contributed by atoms with Crippen LogP contribution in [0.4, 0.5) is 5.82 Å². The van der Waals surface area contributed by atoms with Gasteiger partial charge in [-0.3, -0.25) is 4.79 Å². The van der Waals surface area contributed by atoms with Gasteiger partial charge < -0.3 is 19.3 Å². The third-order valence-corrected chi connectivity index (χ3v) is 4.55.